The van der Waals surface area contributed by atoms with E-state index in [0.29, 0.717) is 11.4 Å². The summed E-state index contributed by atoms with van der Waals surface area (Å²) in [6.07, 6.45) is 0. The molecule has 226 valence electrons. The van der Waals surface area contributed by atoms with E-state index in [2.05, 4.69) is 5.32 Å². The van der Waals surface area contributed by atoms with Gasteiger partial charge in [0.25, 0.3) is 10.0 Å². The molecule has 10 heteroatoms. The van der Waals surface area contributed by atoms with E-state index in [-0.39, 0.29) is 29.1 Å². The van der Waals surface area contributed by atoms with Crippen molar-refractivity contribution < 1.29 is 27.5 Å². The highest BCUT2D eigenvalue weighted by molar-refractivity contribution is 7.92. The fourth-order valence-electron chi connectivity index (χ4n) is 4.72. The Morgan fingerprint density at radius 3 is 2.05 bits per heavy atom. The number of carbonyl (C=O) groups is 2. The predicted molar refractivity (Wildman–Crippen MR) is 164 cm³/mol. The van der Waals surface area contributed by atoms with Gasteiger partial charge in [-0.05, 0) is 82.5 Å². The van der Waals surface area contributed by atoms with Gasteiger partial charge < -0.3 is 19.7 Å². The van der Waals surface area contributed by atoms with E-state index in [0.717, 1.165) is 26.6 Å². The third-order valence-electron chi connectivity index (χ3n) is 6.75. The first kappa shape index (κ1) is 32.5. The number of nitrogens with one attached hydrogen (secondary N) is 1. The molecule has 2 amide bonds. The number of benzene rings is 3. The van der Waals surface area contributed by atoms with Gasteiger partial charge in [0.05, 0.1) is 24.8 Å². The fraction of sp³-hybridized carbons (Fsp3) is 0.375. The van der Waals surface area contributed by atoms with Gasteiger partial charge in [0.2, 0.25) is 11.8 Å². The normalized spacial score (nSPS) is 12.0. The standard InChI is InChI=1S/C32H41N3O6S/c1-21(2)33-32(37)25(6)34(19-26-11-9-10-22(3)15-26)31(36)20-35(27-16-23(4)14-24(5)17-27)42(38,39)28-12-13-29(40-7)30(18-28)41-8/h9-18,21,25H,19-20H2,1-8H3,(H,33,37). The molecule has 3 aromatic carbocycles. The molecule has 1 unspecified atom stereocenters. The zero-order valence-corrected chi connectivity index (χ0v) is 26.4. The van der Waals surface area contributed by atoms with Crippen LogP contribution in [0.15, 0.2) is 65.6 Å². The molecule has 0 saturated carbocycles. The summed E-state index contributed by atoms with van der Waals surface area (Å²) in [7, 11) is -1.38. The van der Waals surface area contributed by atoms with E-state index in [4.69, 9.17) is 9.47 Å². The zero-order chi connectivity index (χ0) is 31.2. The minimum Gasteiger partial charge on any atom is -0.493 e. The van der Waals surface area contributed by atoms with Crippen LogP contribution >= 0.6 is 0 Å². The minimum absolute atomic E-state index is 0.0667. The molecule has 0 aromatic heterocycles. The summed E-state index contributed by atoms with van der Waals surface area (Å²) in [5.74, 6) is -0.233. The van der Waals surface area contributed by atoms with Crippen LogP contribution < -0.4 is 19.1 Å². The van der Waals surface area contributed by atoms with E-state index in [1.807, 2.05) is 65.0 Å². The summed E-state index contributed by atoms with van der Waals surface area (Å²) in [6.45, 7) is 10.6. The first-order valence-electron chi connectivity index (χ1n) is 13.7. The maximum Gasteiger partial charge on any atom is 0.264 e. The number of methoxy groups -OCH3 is 2. The number of carbonyl (C=O) groups excluding carboxylic acids is 2. The fourth-order valence-corrected chi connectivity index (χ4v) is 6.14. The molecule has 1 atom stereocenters. The Hall–Kier alpha value is -4.05. The molecular weight excluding hydrogens is 554 g/mol. The van der Waals surface area contributed by atoms with Crippen molar-refractivity contribution in [3.8, 4) is 11.5 Å². The Kier molecular flexibility index (Phi) is 10.6. The molecule has 1 N–H and O–H groups in total. The number of hydrogen-bond acceptors (Lipinski definition) is 6. The smallest absolute Gasteiger partial charge is 0.264 e. The van der Waals surface area contributed by atoms with Crippen molar-refractivity contribution in [3.63, 3.8) is 0 Å². The molecule has 0 fully saturated rings. The van der Waals surface area contributed by atoms with E-state index < -0.39 is 28.5 Å². The van der Waals surface area contributed by atoms with Gasteiger partial charge in [0.15, 0.2) is 11.5 Å². The number of aryl methyl sites for hydroxylation is 3. The lowest BCUT2D eigenvalue weighted by molar-refractivity contribution is -0.139. The third-order valence-corrected chi connectivity index (χ3v) is 8.52. The van der Waals surface area contributed by atoms with Crippen LogP contribution in [-0.4, -0.2) is 58.0 Å². The summed E-state index contributed by atoms with van der Waals surface area (Å²) in [4.78, 5) is 28.6. The van der Waals surface area contributed by atoms with Crippen LogP contribution in [0.4, 0.5) is 5.69 Å². The van der Waals surface area contributed by atoms with Gasteiger partial charge in [-0.2, -0.15) is 0 Å². The number of rotatable bonds is 12. The van der Waals surface area contributed by atoms with Crippen molar-refractivity contribution >= 4 is 27.5 Å². The highest BCUT2D eigenvalue weighted by Gasteiger charge is 2.33. The van der Waals surface area contributed by atoms with E-state index in [1.54, 1.807) is 19.1 Å². The molecule has 42 heavy (non-hydrogen) atoms. The Morgan fingerprint density at radius 1 is 0.833 bits per heavy atom. The van der Waals surface area contributed by atoms with Gasteiger partial charge in [-0.25, -0.2) is 8.42 Å². The summed E-state index contributed by atoms with van der Waals surface area (Å²) in [5.41, 5.74) is 3.85. The minimum atomic E-state index is -4.27. The SMILES string of the molecule is COc1ccc(S(=O)(=O)N(CC(=O)N(Cc2cccc(C)c2)C(C)C(=O)NC(C)C)c2cc(C)cc(C)c2)cc1OC. The van der Waals surface area contributed by atoms with Crippen LogP contribution in [0.5, 0.6) is 11.5 Å². The van der Waals surface area contributed by atoms with Crippen LogP contribution in [0.1, 0.15) is 43.0 Å². The first-order valence-corrected chi connectivity index (χ1v) is 15.2. The van der Waals surface area contributed by atoms with Gasteiger partial charge in [-0.3, -0.25) is 13.9 Å². The van der Waals surface area contributed by atoms with Gasteiger partial charge in [0, 0.05) is 18.7 Å². The number of amides is 2. The molecule has 0 aliphatic heterocycles. The number of sulfonamides is 1. The van der Waals surface area contributed by atoms with E-state index in [9.17, 15) is 18.0 Å². The molecule has 0 spiro atoms. The Morgan fingerprint density at radius 2 is 1.48 bits per heavy atom. The van der Waals surface area contributed by atoms with Crippen molar-refractivity contribution in [2.24, 2.45) is 0 Å². The Labute approximate surface area is 249 Å². The zero-order valence-electron chi connectivity index (χ0n) is 25.6. The van der Waals surface area contributed by atoms with Crippen LogP contribution in [0.25, 0.3) is 0 Å². The van der Waals surface area contributed by atoms with Gasteiger partial charge in [-0.1, -0.05) is 35.9 Å². The molecule has 3 aromatic rings. The molecule has 0 heterocycles. The molecule has 9 nitrogen and oxygen atoms in total. The number of anilines is 1. The number of nitrogens with zero attached hydrogens (tertiary/aromatic N) is 2. The number of ether oxygens (including phenoxy) is 2. The van der Waals surface area contributed by atoms with Gasteiger partial charge in [-0.15, -0.1) is 0 Å². The van der Waals surface area contributed by atoms with Crippen molar-refractivity contribution in [1.29, 1.82) is 0 Å². The lowest BCUT2D eigenvalue weighted by Crippen LogP contribution is -2.52. The van der Waals surface area contributed by atoms with Crippen molar-refractivity contribution in [2.45, 2.75) is 65.1 Å². The molecular formula is C32H41N3O6S. The van der Waals surface area contributed by atoms with E-state index in [1.165, 1.54) is 37.3 Å². The van der Waals surface area contributed by atoms with Crippen molar-refractivity contribution in [3.05, 3.63) is 82.9 Å². The Balaban J connectivity index is 2.11. The average molecular weight is 596 g/mol. The quantitative estimate of drug-likeness (QED) is 0.324. The van der Waals surface area contributed by atoms with Crippen LogP contribution in [0.3, 0.4) is 0 Å². The van der Waals surface area contributed by atoms with E-state index >= 15 is 0 Å². The van der Waals surface area contributed by atoms with Crippen LogP contribution in [-0.2, 0) is 26.2 Å². The highest BCUT2D eigenvalue weighted by atomic mass is 32.2. The monoisotopic (exact) mass is 595 g/mol. The molecule has 3 rings (SSSR count). The summed E-state index contributed by atoms with van der Waals surface area (Å²) < 4.78 is 40.2. The molecule has 0 bridgehead atoms. The summed E-state index contributed by atoms with van der Waals surface area (Å²) in [5, 5.41) is 2.86. The predicted octanol–water partition coefficient (Wildman–Crippen LogP) is 4.77. The van der Waals surface area contributed by atoms with Crippen LogP contribution in [0.2, 0.25) is 0 Å². The molecule has 0 radical (unpaired) electrons. The second-order valence-electron chi connectivity index (χ2n) is 10.7. The molecule has 0 saturated heterocycles. The topological polar surface area (TPSA) is 105 Å². The van der Waals surface area contributed by atoms with Crippen molar-refractivity contribution in [1.82, 2.24) is 10.2 Å². The second-order valence-corrected chi connectivity index (χ2v) is 12.6. The summed E-state index contributed by atoms with van der Waals surface area (Å²) in [6, 6.07) is 16.3. The maximum absolute atomic E-state index is 14.2. The Bertz CT molecular complexity index is 1520. The lowest BCUT2D eigenvalue weighted by Gasteiger charge is -2.32. The first-order chi connectivity index (χ1) is 19.8. The van der Waals surface area contributed by atoms with Gasteiger partial charge in [0.1, 0.15) is 12.6 Å². The maximum atomic E-state index is 14.2. The molecule has 0 aliphatic rings. The average Bonchev–Trinajstić information content (AvgIpc) is 2.92. The van der Waals surface area contributed by atoms with Crippen LogP contribution in [0, 0.1) is 20.8 Å². The highest BCUT2D eigenvalue weighted by Crippen LogP contribution is 2.33. The second kappa shape index (κ2) is 13.7. The third kappa shape index (κ3) is 7.82. The molecule has 0 aliphatic carbocycles. The number of hydrogen-bond donors (Lipinski definition) is 1. The largest absolute Gasteiger partial charge is 0.493 e. The lowest BCUT2D eigenvalue weighted by atomic mass is 10.1. The van der Waals surface area contributed by atoms with Crippen molar-refractivity contribution in [2.75, 3.05) is 25.1 Å². The van der Waals surface area contributed by atoms with Gasteiger partial charge >= 0.3 is 0 Å². The summed E-state index contributed by atoms with van der Waals surface area (Å²) >= 11 is 0.